The quantitative estimate of drug-likeness (QED) is 0.852. The molecule has 0 aliphatic carbocycles. The normalized spacial score (nSPS) is 18.8. The molecule has 7 heteroatoms. The first-order valence-corrected chi connectivity index (χ1v) is 6.73. The van der Waals surface area contributed by atoms with Crippen molar-refractivity contribution in [3.63, 3.8) is 0 Å². The Labute approximate surface area is 138 Å². The van der Waals surface area contributed by atoms with Crippen LogP contribution in [0.25, 0.3) is 0 Å². The zero-order chi connectivity index (χ0) is 13.5. The van der Waals surface area contributed by atoms with Gasteiger partial charge >= 0.3 is 0 Å². The van der Waals surface area contributed by atoms with Crippen molar-refractivity contribution in [1.29, 1.82) is 0 Å². The van der Waals surface area contributed by atoms with Crippen molar-refractivity contribution in [2.24, 2.45) is 0 Å². The van der Waals surface area contributed by atoms with Crippen LogP contribution in [0.4, 0.5) is 0 Å². The molecule has 2 rings (SSSR count). The lowest BCUT2D eigenvalue weighted by molar-refractivity contribution is -0.122. The number of rotatable bonds is 5. The highest BCUT2D eigenvalue weighted by molar-refractivity contribution is 5.85. The van der Waals surface area contributed by atoms with Crippen LogP contribution in [0.15, 0.2) is 24.5 Å². The molecule has 1 aromatic rings. The van der Waals surface area contributed by atoms with Gasteiger partial charge in [-0.3, -0.25) is 9.78 Å². The summed E-state index contributed by atoms with van der Waals surface area (Å²) in [6, 6.07) is 4.21. The number of nitrogens with one attached hydrogen (secondary N) is 2. The average molecular weight is 336 g/mol. The minimum atomic E-state index is 0. The van der Waals surface area contributed by atoms with Crippen molar-refractivity contribution in [3.8, 4) is 0 Å². The molecule has 2 heterocycles. The van der Waals surface area contributed by atoms with E-state index in [0.29, 0.717) is 13.0 Å². The summed E-state index contributed by atoms with van der Waals surface area (Å²) in [5, 5.41) is 6.30. The third-order valence-corrected chi connectivity index (χ3v) is 3.13. The van der Waals surface area contributed by atoms with E-state index < -0.39 is 0 Å². The number of carbonyl (C=O) groups excluding carboxylic acids is 1. The predicted octanol–water partition coefficient (Wildman–Crippen LogP) is 1.35. The van der Waals surface area contributed by atoms with Gasteiger partial charge in [0.2, 0.25) is 5.91 Å². The minimum Gasteiger partial charge on any atom is -0.378 e. The van der Waals surface area contributed by atoms with Gasteiger partial charge in [0, 0.05) is 37.4 Å². The molecule has 1 aromatic heterocycles. The lowest BCUT2D eigenvalue weighted by Gasteiger charge is -2.24. The number of hydrogen-bond acceptors (Lipinski definition) is 4. The first-order chi connectivity index (χ1) is 9.24. The van der Waals surface area contributed by atoms with E-state index in [1.165, 1.54) is 5.56 Å². The summed E-state index contributed by atoms with van der Waals surface area (Å²) in [7, 11) is 0. The molecule has 1 aliphatic heterocycles. The van der Waals surface area contributed by atoms with Crippen LogP contribution in [-0.4, -0.2) is 42.7 Å². The number of ether oxygens (including phenoxy) is 1. The molecule has 120 valence electrons. The first-order valence-electron chi connectivity index (χ1n) is 6.73. The number of nitrogens with zero attached hydrogens (tertiary/aromatic N) is 1. The van der Waals surface area contributed by atoms with E-state index in [0.717, 1.165) is 19.6 Å². The van der Waals surface area contributed by atoms with Crippen LogP contribution in [-0.2, 0) is 16.0 Å². The molecule has 0 saturated carbocycles. The van der Waals surface area contributed by atoms with Gasteiger partial charge in [0.05, 0.1) is 13.2 Å². The maximum Gasteiger partial charge on any atom is 0.221 e. The molecule has 1 aliphatic rings. The molecule has 0 bridgehead atoms. The molecule has 0 radical (unpaired) electrons. The zero-order valence-corrected chi connectivity index (χ0v) is 13.7. The highest BCUT2D eigenvalue weighted by atomic mass is 35.5. The maximum absolute atomic E-state index is 11.9. The summed E-state index contributed by atoms with van der Waals surface area (Å²) in [4.78, 5) is 15.9. The van der Waals surface area contributed by atoms with Gasteiger partial charge in [-0.1, -0.05) is 0 Å². The van der Waals surface area contributed by atoms with Gasteiger partial charge in [0.1, 0.15) is 0 Å². The van der Waals surface area contributed by atoms with E-state index in [9.17, 15) is 4.79 Å². The second-order valence-corrected chi connectivity index (χ2v) is 4.96. The van der Waals surface area contributed by atoms with Crippen LogP contribution in [0.3, 0.4) is 0 Å². The van der Waals surface area contributed by atoms with Gasteiger partial charge in [0.15, 0.2) is 0 Å². The Hall–Kier alpha value is -0.880. The van der Waals surface area contributed by atoms with Gasteiger partial charge < -0.3 is 15.4 Å². The summed E-state index contributed by atoms with van der Waals surface area (Å²) in [5.74, 6) is 0.0737. The molecule has 5 nitrogen and oxygen atoms in total. The number of morpholine rings is 1. The van der Waals surface area contributed by atoms with Crippen LogP contribution in [0.5, 0.6) is 0 Å². The van der Waals surface area contributed by atoms with Crippen molar-refractivity contribution >= 4 is 30.7 Å². The molecular weight excluding hydrogens is 313 g/mol. The van der Waals surface area contributed by atoms with E-state index in [2.05, 4.69) is 15.6 Å². The summed E-state index contributed by atoms with van der Waals surface area (Å²) >= 11 is 0. The number of halogens is 2. The van der Waals surface area contributed by atoms with E-state index in [1.54, 1.807) is 12.4 Å². The van der Waals surface area contributed by atoms with Crippen molar-refractivity contribution in [2.45, 2.75) is 31.8 Å². The average Bonchev–Trinajstić information content (AvgIpc) is 2.40. The second kappa shape index (κ2) is 10.8. The van der Waals surface area contributed by atoms with Gasteiger partial charge in [-0.2, -0.15) is 0 Å². The van der Waals surface area contributed by atoms with Crippen LogP contribution >= 0.6 is 24.8 Å². The third-order valence-electron chi connectivity index (χ3n) is 3.13. The SMILES string of the molecule is CC(Cc1ccncc1)NC(=O)CC1COCCN1.Cl.Cl. The molecule has 0 aromatic carbocycles. The molecule has 1 fully saturated rings. The number of amides is 1. The van der Waals surface area contributed by atoms with Crippen LogP contribution < -0.4 is 10.6 Å². The van der Waals surface area contributed by atoms with E-state index >= 15 is 0 Å². The summed E-state index contributed by atoms with van der Waals surface area (Å²) in [6.45, 7) is 4.19. The molecule has 1 amide bonds. The Morgan fingerprint density at radius 2 is 2.19 bits per heavy atom. The Morgan fingerprint density at radius 3 is 2.81 bits per heavy atom. The molecule has 1 saturated heterocycles. The van der Waals surface area contributed by atoms with Crippen LogP contribution in [0.1, 0.15) is 18.9 Å². The number of pyridine rings is 1. The lowest BCUT2D eigenvalue weighted by atomic mass is 10.1. The highest BCUT2D eigenvalue weighted by Gasteiger charge is 2.17. The maximum atomic E-state index is 11.9. The molecule has 0 spiro atoms. The van der Waals surface area contributed by atoms with E-state index in [1.807, 2.05) is 19.1 Å². The summed E-state index contributed by atoms with van der Waals surface area (Å²) in [6.07, 6.45) is 4.84. The monoisotopic (exact) mass is 335 g/mol. The minimum absolute atomic E-state index is 0. The zero-order valence-electron chi connectivity index (χ0n) is 12.1. The predicted molar refractivity (Wildman–Crippen MR) is 87.3 cm³/mol. The molecule has 2 N–H and O–H groups in total. The smallest absolute Gasteiger partial charge is 0.221 e. The molecule has 21 heavy (non-hydrogen) atoms. The molecule has 2 atom stereocenters. The Morgan fingerprint density at radius 1 is 1.48 bits per heavy atom. The summed E-state index contributed by atoms with van der Waals surface area (Å²) < 4.78 is 5.33. The van der Waals surface area contributed by atoms with Gasteiger partial charge in [-0.25, -0.2) is 0 Å². The van der Waals surface area contributed by atoms with Crippen molar-refractivity contribution in [3.05, 3.63) is 30.1 Å². The van der Waals surface area contributed by atoms with Crippen molar-refractivity contribution in [1.82, 2.24) is 15.6 Å². The van der Waals surface area contributed by atoms with Gasteiger partial charge in [0.25, 0.3) is 0 Å². The Kier molecular flexibility index (Phi) is 10.3. The molecular formula is C14H23Cl2N3O2. The largest absolute Gasteiger partial charge is 0.378 e. The Bertz CT molecular complexity index is 400. The number of carbonyl (C=O) groups is 1. The second-order valence-electron chi connectivity index (χ2n) is 4.96. The van der Waals surface area contributed by atoms with Crippen LogP contribution in [0.2, 0.25) is 0 Å². The summed E-state index contributed by atoms with van der Waals surface area (Å²) in [5.41, 5.74) is 1.18. The van der Waals surface area contributed by atoms with E-state index in [-0.39, 0.29) is 42.8 Å². The fraction of sp³-hybridized carbons (Fsp3) is 0.571. The number of aromatic nitrogens is 1. The Balaban J connectivity index is 0.00000200. The van der Waals surface area contributed by atoms with Crippen molar-refractivity contribution in [2.75, 3.05) is 19.8 Å². The van der Waals surface area contributed by atoms with Gasteiger partial charge in [-0.05, 0) is 31.0 Å². The first kappa shape index (κ1) is 20.1. The third kappa shape index (κ3) is 7.62. The van der Waals surface area contributed by atoms with Gasteiger partial charge in [-0.15, -0.1) is 24.8 Å². The van der Waals surface area contributed by atoms with E-state index in [4.69, 9.17) is 4.74 Å². The van der Waals surface area contributed by atoms with Crippen LogP contribution in [0, 0.1) is 0 Å². The lowest BCUT2D eigenvalue weighted by Crippen LogP contribution is -2.45. The standard InChI is InChI=1S/C14H21N3O2.2ClH/c1-11(8-12-2-4-15-5-3-12)17-14(18)9-13-10-19-7-6-16-13;;/h2-5,11,13,16H,6-10H2,1H3,(H,17,18);2*1H. The highest BCUT2D eigenvalue weighted by Crippen LogP contribution is 2.03. The topological polar surface area (TPSA) is 63.2 Å². The number of hydrogen-bond donors (Lipinski definition) is 2. The fourth-order valence-electron chi connectivity index (χ4n) is 2.23. The van der Waals surface area contributed by atoms with Crippen molar-refractivity contribution < 1.29 is 9.53 Å². The molecule has 2 unspecified atom stereocenters. The fourth-order valence-corrected chi connectivity index (χ4v) is 2.23.